The maximum absolute atomic E-state index is 6.45. The molecule has 2 bridgehead atoms. The van der Waals surface area contributed by atoms with Gasteiger partial charge in [-0.2, -0.15) is 0 Å². The SMILES string of the molecule is C=C=C[C@@H]1C[C@]2(Cl)C(Cl)=C(Cl)[C@@]1(Cl)C2(Cl)Cl. The van der Waals surface area contributed by atoms with Crippen molar-refractivity contribution in [2.45, 2.75) is 20.5 Å². The van der Waals surface area contributed by atoms with Crippen molar-refractivity contribution < 1.29 is 0 Å². The maximum Gasteiger partial charge on any atom is 0.166 e. The Morgan fingerprint density at radius 3 is 2.12 bits per heavy atom. The highest BCUT2D eigenvalue weighted by atomic mass is 35.5. The van der Waals surface area contributed by atoms with Crippen molar-refractivity contribution in [3.8, 4) is 0 Å². The number of halogens is 6. The van der Waals surface area contributed by atoms with Crippen molar-refractivity contribution >= 4 is 69.6 Å². The van der Waals surface area contributed by atoms with Crippen molar-refractivity contribution in [3.63, 3.8) is 0 Å². The molecule has 0 amide bonds. The number of hydrogen-bond donors (Lipinski definition) is 0. The van der Waals surface area contributed by atoms with Crippen LogP contribution in [0.25, 0.3) is 0 Å². The normalized spacial score (nSPS) is 44.8. The molecule has 0 spiro atoms. The topological polar surface area (TPSA) is 0 Å². The molecular weight excluding hydrogens is 333 g/mol. The summed E-state index contributed by atoms with van der Waals surface area (Å²) in [7, 11) is 0. The molecule has 1 fully saturated rings. The Labute approximate surface area is 124 Å². The lowest BCUT2D eigenvalue weighted by molar-refractivity contribution is 0.568. The Balaban J connectivity index is 2.68. The highest BCUT2D eigenvalue weighted by Gasteiger charge is 2.77. The summed E-state index contributed by atoms with van der Waals surface area (Å²) in [5, 5.41) is 0.433. The van der Waals surface area contributed by atoms with Gasteiger partial charge < -0.3 is 0 Å². The van der Waals surface area contributed by atoms with Crippen LogP contribution in [-0.4, -0.2) is 14.1 Å². The average molecular weight is 339 g/mol. The zero-order valence-corrected chi connectivity index (χ0v) is 12.4. The van der Waals surface area contributed by atoms with Crippen LogP contribution in [0.1, 0.15) is 6.42 Å². The van der Waals surface area contributed by atoms with Crippen LogP contribution in [0.2, 0.25) is 0 Å². The van der Waals surface area contributed by atoms with E-state index in [-0.39, 0.29) is 16.0 Å². The van der Waals surface area contributed by atoms with E-state index in [0.717, 1.165) is 0 Å². The summed E-state index contributed by atoms with van der Waals surface area (Å²) in [6, 6.07) is 0. The molecule has 3 atom stereocenters. The highest BCUT2D eigenvalue weighted by Crippen LogP contribution is 2.74. The van der Waals surface area contributed by atoms with Crippen molar-refractivity contribution in [2.24, 2.45) is 5.92 Å². The molecule has 0 aliphatic heterocycles. The first-order valence-corrected chi connectivity index (χ1v) is 6.68. The van der Waals surface area contributed by atoms with E-state index in [9.17, 15) is 0 Å². The molecule has 0 aromatic carbocycles. The van der Waals surface area contributed by atoms with Crippen LogP contribution in [0.15, 0.2) is 28.5 Å². The molecule has 0 radical (unpaired) electrons. The van der Waals surface area contributed by atoms with Gasteiger partial charge in [0.2, 0.25) is 0 Å². The minimum absolute atomic E-state index is 0.207. The average Bonchev–Trinajstić information content (AvgIpc) is 2.41. The summed E-state index contributed by atoms with van der Waals surface area (Å²) < 4.78 is -1.45. The zero-order valence-electron chi connectivity index (χ0n) is 7.84. The van der Waals surface area contributed by atoms with Gasteiger partial charge in [-0.05, 0) is 12.5 Å². The fraction of sp³-hybridized carbons (Fsp3) is 0.500. The van der Waals surface area contributed by atoms with Gasteiger partial charge in [-0.25, -0.2) is 0 Å². The summed E-state index contributed by atoms with van der Waals surface area (Å²) in [4.78, 5) is -2.35. The summed E-state index contributed by atoms with van der Waals surface area (Å²) in [6.07, 6.45) is 2.07. The van der Waals surface area contributed by atoms with Gasteiger partial charge >= 0.3 is 0 Å². The summed E-state index contributed by atoms with van der Waals surface area (Å²) in [5.41, 5.74) is 2.65. The van der Waals surface area contributed by atoms with Crippen LogP contribution in [0, 0.1) is 5.92 Å². The minimum Gasteiger partial charge on any atom is -0.133 e. The van der Waals surface area contributed by atoms with E-state index in [0.29, 0.717) is 6.42 Å². The first-order chi connectivity index (χ1) is 7.23. The Kier molecular flexibility index (Phi) is 3.14. The van der Waals surface area contributed by atoms with Crippen LogP contribution in [0.5, 0.6) is 0 Å². The van der Waals surface area contributed by atoms with Crippen LogP contribution < -0.4 is 0 Å². The molecule has 0 aromatic rings. The number of fused-ring (bicyclic) bond motifs is 2. The van der Waals surface area contributed by atoms with Crippen molar-refractivity contribution in [1.82, 2.24) is 0 Å². The number of alkyl halides is 4. The van der Waals surface area contributed by atoms with E-state index >= 15 is 0 Å². The van der Waals surface area contributed by atoms with Crippen LogP contribution in [-0.2, 0) is 0 Å². The standard InChI is InChI=1S/C10H6Cl6/c1-2-3-5-4-8(13)6(11)7(12)9(5,14)10(8,15)16/h3,5H,1,4H2/t5-,8+,9-/m1/s1. The molecule has 2 rings (SSSR count). The van der Waals surface area contributed by atoms with E-state index in [1.165, 1.54) is 0 Å². The summed E-state index contributed by atoms with van der Waals surface area (Å²) >= 11 is 37.5. The van der Waals surface area contributed by atoms with Gasteiger partial charge in [0.1, 0.15) is 9.75 Å². The molecule has 88 valence electrons. The van der Waals surface area contributed by atoms with E-state index in [4.69, 9.17) is 69.6 Å². The van der Waals surface area contributed by atoms with Crippen molar-refractivity contribution in [1.29, 1.82) is 0 Å². The molecule has 0 nitrogen and oxygen atoms in total. The first kappa shape index (κ1) is 13.4. The monoisotopic (exact) mass is 336 g/mol. The fourth-order valence-corrected chi connectivity index (χ4v) is 5.04. The van der Waals surface area contributed by atoms with Gasteiger partial charge in [0, 0.05) is 5.92 Å². The first-order valence-electron chi connectivity index (χ1n) is 4.41. The molecule has 1 saturated carbocycles. The predicted molar refractivity (Wildman–Crippen MR) is 72.2 cm³/mol. The van der Waals surface area contributed by atoms with E-state index in [1.807, 2.05) is 0 Å². The third-order valence-corrected chi connectivity index (χ3v) is 7.44. The van der Waals surface area contributed by atoms with Crippen LogP contribution >= 0.6 is 69.6 Å². The van der Waals surface area contributed by atoms with Gasteiger partial charge in [-0.1, -0.05) is 53.0 Å². The van der Waals surface area contributed by atoms with E-state index in [1.54, 1.807) is 6.08 Å². The number of hydrogen-bond acceptors (Lipinski definition) is 0. The predicted octanol–water partition coefficient (Wildman–Crippen LogP) is 5.18. The van der Waals surface area contributed by atoms with Gasteiger partial charge in [0.15, 0.2) is 4.33 Å². The lowest BCUT2D eigenvalue weighted by Crippen LogP contribution is -2.43. The minimum atomic E-state index is -1.45. The second-order valence-corrected chi connectivity index (χ2v) is 7.22. The second-order valence-electron chi connectivity index (χ2n) is 3.90. The molecule has 2 aliphatic carbocycles. The molecule has 0 saturated heterocycles. The Bertz CT molecular complexity index is 433. The van der Waals surface area contributed by atoms with Crippen molar-refractivity contribution in [2.75, 3.05) is 0 Å². The summed E-state index contributed by atoms with van der Waals surface area (Å²) in [6.45, 7) is 3.49. The molecule has 0 heterocycles. The van der Waals surface area contributed by atoms with Crippen molar-refractivity contribution in [3.05, 3.63) is 28.5 Å². The number of rotatable bonds is 1. The van der Waals surface area contributed by atoms with Crippen LogP contribution in [0.4, 0.5) is 0 Å². The van der Waals surface area contributed by atoms with Gasteiger partial charge in [0.05, 0.1) is 10.1 Å². The summed E-state index contributed by atoms with van der Waals surface area (Å²) in [5.74, 6) is -0.242. The Morgan fingerprint density at radius 1 is 1.19 bits per heavy atom. The zero-order chi connectivity index (χ0) is 12.4. The molecule has 0 N–H and O–H groups in total. The smallest absolute Gasteiger partial charge is 0.133 e. The Morgan fingerprint density at radius 2 is 1.75 bits per heavy atom. The molecule has 0 unspecified atom stereocenters. The molecule has 16 heavy (non-hydrogen) atoms. The quantitative estimate of drug-likeness (QED) is 0.456. The maximum atomic E-state index is 6.45. The fourth-order valence-electron chi connectivity index (χ4n) is 2.27. The lowest BCUT2D eigenvalue weighted by Gasteiger charge is -2.32. The van der Waals surface area contributed by atoms with E-state index < -0.39 is 14.1 Å². The van der Waals surface area contributed by atoms with E-state index in [2.05, 4.69) is 12.3 Å². The highest BCUT2D eigenvalue weighted by molar-refractivity contribution is 6.65. The molecular formula is C10H6Cl6. The Hall–Kier alpha value is 1.00. The largest absolute Gasteiger partial charge is 0.166 e. The van der Waals surface area contributed by atoms with Gasteiger partial charge in [-0.3, -0.25) is 0 Å². The lowest BCUT2D eigenvalue weighted by atomic mass is 9.92. The molecule has 6 heteroatoms. The van der Waals surface area contributed by atoms with Crippen LogP contribution in [0.3, 0.4) is 0 Å². The second kappa shape index (κ2) is 3.75. The third kappa shape index (κ3) is 1.22. The number of allylic oxidation sites excluding steroid dienone is 3. The molecule has 2 aliphatic rings. The van der Waals surface area contributed by atoms with Gasteiger partial charge in [0.25, 0.3) is 0 Å². The third-order valence-electron chi connectivity index (χ3n) is 3.15. The van der Waals surface area contributed by atoms with Gasteiger partial charge in [-0.15, -0.1) is 28.9 Å². The molecule has 0 aromatic heterocycles.